The highest BCUT2D eigenvalue weighted by Gasteiger charge is 2.15. The molecule has 3 rings (SSSR count). The summed E-state index contributed by atoms with van der Waals surface area (Å²) in [4.78, 5) is 31.0. The van der Waals surface area contributed by atoms with Crippen LogP contribution >= 0.6 is 0 Å². The summed E-state index contributed by atoms with van der Waals surface area (Å²) < 4.78 is 1.63. The lowest BCUT2D eigenvalue weighted by Gasteiger charge is -2.07. The minimum absolute atomic E-state index is 0.134. The van der Waals surface area contributed by atoms with Crippen LogP contribution in [0.15, 0.2) is 35.5 Å². The van der Waals surface area contributed by atoms with Crippen molar-refractivity contribution < 1.29 is 4.79 Å². The molecule has 22 heavy (non-hydrogen) atoms. The lowest BCUT2D eigenvalue weighted by Crippen LogP contribution is -2.30. The van der Waals surface area contributed by atoms with Gasteiger partial charge in [-0.2, -0.15) is 5.10 Å². The van der Waals surface area contributed by atoms with Gasteiger partial charge >= 0.3 is 0 Å². The number of aromatic amines is 1. The molecule has 112 valence electrons. The van der Waals surface area contributed by atoms with E-state index in [2.05, 4.69) is 20.4 Å². The molecule has 1 amide bonds. The molecule has 0 aromatic carbocycles. The number of aryl methyl sites for hydroxylation is 2. The molecule has 3 aromatic rings. The van der Waals surface area contributed by atoms with Crippen molar-refractivity contribution in [3.63, 3.8) is 0 Å². The quantitative estimate of drug-likeness (QED) is 0.753. The standard InChI is InChI=1S/C15H15N5O2/c1-9-6-10(2)19-15(22)12(9)14(21)17-7-11-8-18-20-5-3-4-16-13(11)20/h3-6,8H,7H2,1-2H3,(H,17,21)(H,19,22). The van der Waals surface area contributed by atoms with E-state index in [1.165, 1.54) is 0 Å². The second kappa shape index (κ2) is 5.44. The number of rotatable bonds is 3. The van der Waals surface area contributed by atoms with Crippen LogP contribution in [0.5, 0.6) is 0 Å². The van der Waals surface area contributed by atoms with Crippen molar-refractivity contribution in [3.05, 3.63) is 63.5 Å². The third-order valence-electron chi connectivity index (χ3n) is 3.38. The van der Waals surface area contributed by atoms with E-state index >= 15 is 0 Å². The van der Waals surface area contributed by atoms with Gasteiger partial charge in [0.2, 0.25) is 0 Å². The van der Waals surface area contributed by atoms with Crippen molar-refractivity contribution in [3.8, 4) is 0 Å². The van der Waals surface area contributed by atoms with Gasteiger partial charge in [-0.3, -0.25) is 9.59 Å². The summed E-state index contributed by atoms with van der Waals surface area (Å²) >= 11 is 0. The summed E-state index contributed by atoms with van der Waals surface area (Å²) in [5.74, 6) is -0.408. The molecular weight excluding hydrogens is 282 g/mol. The largest absolute Gasteiger partial charge is 0.348 e. The van der Waals surface area contributed by atoms with Crippen LogP contribution in [0.1, 0.15) is 27.2 Å². The van der Waals surface area contributed by atoms with Gasteiger partial charge in [-0.05, 0) is 31.5 Å². The molecule has 0 saturated carbocycles. The van der Waals surface area contributed by atoms with Crippen LogP contribution in [-0.2, 0) is 6.54 Å². The van der Waals surface area contributed by atoms with Crippen LogP contribution in [0.25, 0.3) is 5.65 Å². The number of pyridine rings is 1. The Kier molecular flexibility index (Phi) is 3.46. The molecule has 0 saturated heterocycles. The number of aromatic nitrogens is 4. The number of fused-ring (bicyclic) bond motifs is 1. The number of hydrogen-bond donors (Lipinski definition) is 2. The lowest BCUT2D eigenvalue weighted by atomic mass is 10.1. The molecule has 0 unspecified atom stereocenters. The fraction of sp³-hybridized carbons (Fsp3) is 0.200. The van der Waals surface area contributed by atoms with Crippen LogP contribution in [0.2, 0.25) is 0 Å². The predicted molar refractivity (Wildman–Crippen MR) is 80.7 cm³/mol. The molecular formula is C15H15N5O2. The maximum Gasteiger partial charge on any atom is 0.261 e. The smallest absolute Gasteiger partial charge is 0.261 e. The average Bonchev–Trinajstić information content (AvgIpc) is 2.87. The Morgan fingerprint density at radius 2 is 2.23 bits per heavy atom. The van der Waals surface area contributed by atoms with E-state index in [0.717, 1.165) is 11.3 Å². The topological polar surface area (TPSA) is 92.2 Å². The Bertz CT molecular complexity index is 910. The highest BCUT2D eigenvalue weighted by molar-refractivity contribution is 5.95. The molecule has 0 spiro atoms. The van der Waals surface area contributed by atoms with Gasteiger partial charge in [0, 0.05) is 30.2 Å². The van der Waals surface area contributed by atoms with Crippen LogP contribution in [-0.4, -0.2) is 25.5 Å². The van der Waals surface area contributed by atoms with Gasteiger partial charge < -0.3 is 10.3 Å². The van der Waals surface area contributed by atoms with E-state index in [1.807, 2.05) is 0 Å². The Balaban J connectivity index is 1.82. The van der Waals surface area contributed by atoms with Crippen molar-refractivity contribution >= 4 is 11.6 Å². The second-order valence-electron chi connectivity index (χ2n) is 5.08. The maximum absolute atomic E-state index is 12.3. The molecule has 0 radical (unpaired) electrons. The lowest BCUT2D eigenvalue weighted by molar-refractivity contribution is 0.0949. The molecule has 3 heterocycles. The van der Waals surface area contributed by atoms with E-state index < -0.39 is 5.91 Å². The third-order valence-corrected chi connectivity index (χ3v) is 3.38. The third kappa shape index (κ3) is 2.48. The first-order valence-electron chi connectivity index (χ1n) is 6.82. The van der Waals surface area contributed by atoms with Crippen LogP contribution < -0.4 is 10.9 Å². The van der Waals surface area contributed by atoms with Crippen molar-refractivity contribution in [2.24, 2.45) is 0 Å². The molecule has 7 nitrogen and oxygen atoms in total. The van der Waals surface area contributed by atoms with Gasteiger partial charge in [-0.25, -0.2) is 9.50 Å². The first kappa shape index (κ1) is 14.0. The Hall–Kier alpha value is -2.96. The fourth-order valence-corrected chi connectivity index (χ4v) is 2.40. The van der Waals surface area contributed by atoms with Crippen LogP contribution in [0, 0.1) is 13.8 Å². The number of nitrogens with one attached hydrogen (secondary N) is 2. The molecule has 0 bridgehead atoms. The first-order chi connectivity index (χ1) is 10.6. The van der Waals surface area contributed by atoms with Gasteiger partial charge in [0.25, 0.3) is 11.5 Å². The van der Waals surface area contributed by atoms with Crippen molar-refractivity contribution in [2.75, 3.05) is 0 Å². The van der Waals surface area contributed by atoms with Crippen LogP contribution in [0.3, 0.4) is 0 Å². The number of carbonyl (C=O) groups is 1. The Morgan fingerprint density at radius 1 is 1.41 bits per heavy atom. The van der Waals surface area contributed by atoms with E-state index in [-0.39, 0.29) is 17.7 Å². The summed E-state index contributed by atoms with van der Waals surface area (Å²) in [6.07, 6.45) is 5.09. The van der Waals surface area contributed by atoms with E-state index in [9.17, 15) is 9.59 Å². The predicted octanol–water partition coefficient (Wildman–Crippen LogP) is 0.964. The summed E-state index contributed by atoms with van der Waals surface area (Å²) in [6.45, 7) is 3.78. The van der Waals surface area contributed by atoms with Gasteiger partial charge in [0.1, 0.15) is 5.56 Å². The summed E-state index contributed by atoms with van der Waals surface area (Å²) in [5, 5.41) is 6.89. The summed E-state index contributed by atoms with van der Waals surface area (Å²) in [5.41, 5.74) is 2.60. The number of H-pyrrole nitrogens is 1. The van der Waals surface area contributed by atoms with Gasteiger partial charge in [0.05, 0.1) is 6.20 Å². The first-order valence-corrected chi connectivity index (χ1v) is 6.82. The molecule has 2 N–H and O–H groups in total. The van der Waals surface area contributed by atoms with Gasteiger partial charge in [-0.15, -0.1) is 0 Å². The normalized spacial score (nSPS) is 10.8. The molecule has 0 aliphatic rings. The fourth-order valence-electron chi connectivity index (χ4n) is 2.40. The highest BCUT2D eigenvalue weighted by Crippen LogP contribution is 2.08. The van der Waals surface area contributed by atoms with Crippen LogP contribution in [0.4, 0.5) is 0 Å². The number of amides is 1. The Labute approximate surface area is 126 Å². The maximum atomic E-state index is 12.3. The van der Waals surface area contributed by atoms with Gasteiger partial charge in [0.15, 0.2) is 5.65 Å². The second-order valence-corrected chi connectivity index (χ2v) is 5.08. The summed E-state index contributed by atoms with van der Waals surface area (Å²) in [7, 11) is 0. The number of carbonyl (C=O) groups excluding carboxylic acids is 1. The SMILES string of the molecule is Cc1cc(C)c(C(=O)NCc2cnn3cccnc23)c(=O)[nH]1. The number of nitrogens with zero attached hydrogens (tertiary/aromatic N) is 3. The molecule has 7 heteroatoms. The van der Waals surface area contributed by atoms with Crippen molar-refractivity contribution in [1.82, 2.24) is 24.9 Å². The highest BCUT2D eigenvalue weighted by atomic mass is 16.2. The van der Waals surface area contributed by atoms with Gasteiger partial charge in [-0.1, -0.05) is 0 Å². The monoisotopic (exact) mass is 297 g/mol. The van der Waals surface area contributed by atoms with Crippen molar-refractivity contribution in [1.29, 1.82) is 0 Å². The molecule has 0 atom stereocenters. The van der Waals surface area contributed by atoms with E-state index in [4.69, 9.17) is 0 Å². The minimum Gasteiger partial charge on any atom is -0.348 e. The average molecular weight is 297 g/mol. The summed E-state index contributed by atoms with van der Waals surface area (Å²) in [6, 6.07) is 3.55. The van der Waals surface area contributed by atoms with E-state index in [0.29, 0.717) is 11.2 Å². The zero-order chi connectivity index (χ0) is 15.7. The Morgan fingerprint density at radius 3 is 3.00 bits per heavy atom. The molecule has 0 fully saturated rings. The molecule has 3 aromatic heterocycles. The molecule has 0 aliphatic heterocycles. The zero-order valence-corrected chi connectivity index (χ0v) is 12.3. The molecule has 0 aliphatic carbocycles. The minimum atomic E-state index is -0.408. The zero-order valence-electron chi connectivity index (χ0n) is 12.3. The van der Waals surface area contributed by atoms with E-state index in [1.54, 1.807) is 49.1 Å². The number of hydrogen-bond acceptors (Lipinski definition) is 4. The van der Waals surface area contributed by atoms with Crippen molar-refractivity contribution in [2.45, 2.75) is 20.4 Å².